The van der Waals surface area contributed by atoms with Crippen LogP contribution in [0.2, 0.25) is 0 Å². The van der Waals surface area contributed by atoms with Crippen molar-refractivity contribution in [3.8, 4) is 0 Å². The Bertz CT molecular complexity index is 1060. The van der Waals surface area contributed by atoms with Gasteiger partial charge in [0, 0.05) is 58.1 Å². The largest absolute Gasteiger partial charge is 0.357 e. The highest BCUT2D eigenvalue weighted by atomic mass is 127. The average molecular weight is 548 g/mol. The minimum atomic E-state index is 0. The minimum absolute atomic E-state index is 0. The number of aromatic nitrogens is 2. The van der Waals surface area contributed by atoms with Crippen LogP contribution in [0.3, 0.4) is 0 Å². The Morgan fingerprint density at radius 2 is 1.97 bits per heavy atom. The Kier molecular flexibility index (Phi) is 9.96. The van der Waals surface area contributed by atoms with E-state index < -0.39 is 0 Å². The fourth-order valence-electron chi connectivity index (χ4n) is 3.39. The first-order valence-corrected chi connectivity index (χ1v) is 10.7. The summed E-state index contributed by atoms with van der Waals surface area (Å²) < 4.78 is 2.06. The molecule has 3 aromatic rings. The van der Waals surface area contributed by atoms with Gasteiger partial charge in [0.25, 0.3) is 5.91 Å². The standard InChI is InChI=1S/C24H32N6O.HI/c1-5-25-24(26-13-11-19-9-6-10-20(16-19)23(31)29(3)4)27-14-12-21-17-30-15-7-8-18(2)22(30)28-21;/h6-10,15-17H,5,11-14H2,1-4H3,(H2,25,26,27);1H. The Morgan fingerprint density at radius 1 is 1.16 bits per heavy atom. The number of nitrogens with one attached hydrogen (secondary N) is 2. The molecule has 0 aliphatic carbocycles. The molecular formula is C24H33IN6O. The summed E-state index contributed by atoms with van der Waals surface area (Å²) in [7, 11) is 3.53. The van der Waals surface area contributed by atoms with E-state index in [4.69, 9.17) is 4.98 Å². The maximum absolute atomic E-state index is 12.1. The number of aliphatic imine (C=N–C) groups is 1. The van der Waals surface area contributed by atoms with Crippen LogP contribution in [0.25, 0.3) is 5.65 Å². The number of aryl methyl sites for hydroxylation is 1. The number of guanidine groups is 1. The summed E-state index contributed by atoms with van der Waals surface area (Å²) in [4.78, 5) is 23.1. The molecule has 0 saturated heterocycles. The SMILES string of the molecule is CCNC(=NCCc1cn2cccc(C)c2n1)NCCc1cccc(C(=O)N(C)C)c1.I. The van der Waals surface area contributed by atoms with Gasteiger partial charge in [-0.1, -0.05) is 18.2 Å². The summed E-state index contributed by atoms with van der Waals surface area (Å²) in [6.45, 7) is 6.32. The van der Waals surface area contributed by atoms with Crippen LogP contribution in [0.1, 0.15) is 34.1 Å². The van der Waals surface area contributed by atoms with Gasteiger partial charge in [-0.15, -0.1) is 24.0 Å². The van der Waals surface area contributed by atoms with E-state index in [0.717, 1.165) is 48.8 Å². The van der Waals surface area contributed by atoms with Crippen molar-refractivity contribution in [3.63, 3.8) is 0 Å². The number of hydrogen-bond donors (Lipinski definition) is 2. The highest BCUT2D eigenvalue weighted by Gasteiger charge is 2.08. The smallest absolute Gasteiger partial charge is 0.253 e. The zero-order valence-corrected chi connectivity index (χ0v) is 21.6. The van der Waals surface area contributed by atoms with Crippen LogP contribution in [-0.2, 0) is 12.8 Å². The highest BCUT2D eigenvalue weighted by molar-refractivity contribution is 14.0. The van der Waals surface area contributed by atoms with E-state index in [1.165, 1.54) is 5.56 Å². The lowest BCUT2D eigenvalue weighted by molar-refractivity contribution is 0.0827. The predicted octanol–water partition coefficient (Wildman–Crippen LogP) is 3.30. The van der Waals surface area contributed by atoms with E-state index in [1.807, 2.05) is 36.5 Å². The molecule has 0 fully saturated rings. The summed E-state index contributed by atoms with van der Waals surface area (Å²) >= 11 is 0. The quantitative estimate of drug-likeness (QED) is 0.258. The van der Waals surface area contributed by atoms with Crippen molar-refractivity contribution in [3.05, 3.63) is 71.2 Å². The maximum Gasteiger partial charge on any atom is 0.253 e. The van der Waals surface area contributed by atoms with Gasteiger partial charge in [0.15, 0.2) is 5.96 Å². The molecule has 0 unspecified atom stereocenters. The molecule has 32 heavy (non-hydrogen) atoms. The van der Waals surface area contributed by atoms with E-state index in [9.17, 15) is 4.79 Å². The normalized spacial score (nSPS) is 11.2. The fraction of sp³-hybridized carbons (Fsp3) is 0.375. The van der Waals surface area contributed by atoms with Crippen LogP contribution in [-0.4, -0.2) is 59.9 Å². The van der Waals surface area contributed by atoms with Crippen LogP contribution < -0.4 is 10.6 Å². The second-order valence-electron chi connectivity index (χ2n) is 7.74. The van der Waals surface area contributed by atoms with Crippen LogP contribution in [0.4, 0.5) is 0 Å². The van der Waals surface area contributed by atoms with Crippen molar-refractivity contribution >= 4 is 41.5 Å². The molecule has 2 N–H and O–H groups in total. The lowest BCUT2D eigenvalue weighted by Gasteiger charge is -2.13. The van der Waals surface area contributed by atoms with Crippen molar-refractivity contribution < 1.29 is 4.79 Å². The molecular weight excluding hydrogens is 515 g/mol. The molecule has 2 aromatic heterocycles. The lowest BCUT2D eigenvalue weighted by atomic mass is 10.1. The summed E-state index contributed by atoms with van der Waals surface area (Å²) in [5.41, 5.74) is 5.04. The van der Waals surface area contributed by atoms with Crippen molar-refractivity contribution in [2.75, 3.05) is 33.7 Å². The number of rotatable bonds is 8. The third-order valence-electron chi connectivity index (χ3n) is 5.00. The number of fused-ring (bicyclic) bond motifs is 1. The average Bonchev–Trinajstić information content (AvgIpc) is 3.18. The Balaban J connectivity index is 0.00000363. The number of halogens is 1. The third kappa shape index (κ3) is 6.94. The van der Waals surface area contributed by atoms with Gasteiger partial charge >= 0.3 is 0 Å². The lowest BCUT2D eigenvalue weighted by Crippen LogP contribution is -2.38. The van der Waals surface area contributed by atoms with E-state index in [2.05, 4.69) is 46.1 Å². The highest BCUT2D eigenvalue weighted by Crippen LogP contribution is 2.10. The molecule has 0 radical (unpaired) electrons. The van der Waals surface area contributed by atoms with Gasteiger partial charge in [0.2, 0.25) is 0 Å². The molecule has 1 amide bonds. The first-order valence-electron chi connectivity index (χ1n) is 10.7. The fourth-order valence-corrected chi connectivity index (χ4v) is 3.39. The van der Waals surface area contributed by atoms with Crippen LogP contribution in [0, 0.1) is 6.92 Å². The molecule has 0 atom stereocenters. The van der Waals surface area contributed by atoms with Crippen molar-refractivity contribution in [1.82, 2.24) is 24.9 Å². The van der Waals surface area contributed by atoms with Crippen molar-refractivity contribution in [2.24, 2.45) is 4.99 Å². The number of amides is 1. The second-order valence-corrected chi connectivity index (χ2v) is 7.74. The number of carbonyl (C=O) groups excluding carboxylic acids is 1. The Morgan fingerprint density at radius 3 is 2.69 bits per heavy atom. The van der Waals surface area contributed by atoms with E-state index in [-0.39, 0.29) is 29.9 Å². The number of benzene rings is 1. The summed E-state index contributed by atoms with van der Waals surface area (Å²) in [5.74, 6) is 0.815. The van der Waals surface area contributed by atoms with Gasteiger partial charge in [-0.05, 0) is 49.6 Å². The van der Waals surface area contributed by atoms with Gasteiger partial charge in [0.05, 0.1) is 5.69 Å². The number of carbonyl (C=O) groups is 1. The van der Waals surface area contributed by atoms with Gasteiger partial charge in [-0.25, -0.2) is 4.98 Å². The topological polar surface area (TPSA) is 74.0 Å². The molecule has 3 rings (SSSR count). The molecule has 0 aliphatic rings. The second kappa shape index (κ2) is 12.4. The van der Waals surface area contributed by atoms with Crippen LogP contribution >= 0.6 is 24.0 Å². The van der Waals surface area contributed by atoms with Gasteiger partial charge in [-0.3, -0.25) is 9.79 Å². The number of pyridine rings is 1. The van der Waals surface area contributed by atoms with Crippen LogP contribution in [0.15, 0.2) is 53.8 Å². The molecule has 172 valence electrons. The van der Waals surface area contributed by atoms with Gasteiger partial charge < -0.3 is 19.9 Å². The van der Waals surface area contributed by atoms with E-state index in [1.54, 1.807) is 19.0 Å². The van der Waals surface area contributed by atoms with Crippen molar-refractivity contribution in [2.45, 2.75) is 26.7 Å². The number of hydrogen-bond acceptors (Lipinski definition) is 3. The maximum atomic E-state index is 12.1. The zero-order chi connectivity index (χ0) is 22.2. The van der Waals surface area contributed by atoms with Gasteiger partial charge in [-0.2, -0.15) is 0 Å². The zero-order valence-electron chi connectivity index (χ0n) is 19.3. The van der Waals surface area contributed by atoms with Gasteiger partial charge in [0.1, 0.15) is 5.65 Å². The molecule has 0 aliphatic heterocycles. The molecule has 1 aromatic carbocycles. The third-order valence-corrected chi connectivity index (χ3v) is 5.00. The molecule has 7 nitrogen and oxygen atoms in total. The Hall–Kier alpha value is -2.62. The van der Waals surface area contributed by atoms with E-state index in [0.29, 0.717) is 12.1 Å². The first kappa shape index (κ1) is 25.6. The van der Waals surface area contributed by atoms with E-state index >= 15 is 0 Å². The molecule has 0 saturated carbocycles. The minimum Gasteiger partial charge on any atom is -0.357 e. The Labute approximate surface area is 207 Å². The monoisotopic (exact) mass is 548 g/mol. The predicted molar refractivity (Wildman–Crippen MR) is 141 cm³/mol. The number of imidazole rings is 1. The van der Waals surface area contributed by atoms with Crippen LogP contribution in [0.5, 0.6) is 0 Å². The first-order chi connectivity index (χ1) is 15.0. The summed E-state index contributed by atoms with van der Waals surface area (Å²) in [6.07, 6.45) is 5.69. The summed E-state index contributed by atoms with van der Waals surface area (Å²) in [6, 6.07) is 11.9. The molecule has 0 spiro atoms. The number of nitrogens with zero attached hydrogens (tertiary/aromatic N) is 4. The molecule has 2 heterocycles. The van der Waals surface area contributed by atoms with Crippen molar-refractivity contribution in [1.29, 1.82) is 0 Å². The summed E-state index contributed by atoms with van der Waals surface area (Å²) in [5, 5.41) is 6.67. The molecule has 0 bridgehead atoms. The molecule has 8 heteroatoms.